The molecule has 0 aliphatic carbocycles. The van der Waals surface area contributed by atoms with Gasteiger partial charge < -0.3 is 14.5 Å². The second-order valence-corrected chi connectivity index (χ2v) is 4.54. The van der Waals surface area contributed by atoms with Crippen molar-refractivity contribution >= 4 is 17.7 Å². The van der Waals surface area contributed by atoms with Crippen molar-refractivity contribution in [1.82, 2.24) is 4.98 Å². The molecular formula is C13H20N2O4. The Labute approximate surface area is 112 Å². The SMILES string of the molecule is CCOC(=O)c1c(NC(=O)OCC(C)C)c[nH]c1C. The van der Waals surface area contributed by atoms with Gasteiger partial charge in [0.1, 0.15) is 5.56 Å². The van der Waals surface area contributed by atoms with Gasteiger partial charge in [0.05, 0.1) is 18.9 Å². The number of nitrogens with one attached hydrogen (secondary N) is 2. The first kappa shape index (κ1) is 15.1. The first-order chi connectivity index (χ1) is 8.95. The van der Waals surface area contributed by atoms with Gasteiger partial charge in [-0.05, 0) is 19.8 Å². The van der Waals surface area contributed by atoms with Crippen LogP contribution in [-0.4, -0.2) is 30.3 Å². The van der Waals surface area contributed by atoms with Gasteiger partial charge in [0, 0.05) is 11.9 Å². The topological polar surface area (TPSA) is 80.4 Å². The highest BCUT2D eigenvalue weighted by Crippen LogP contribution is 2.20. The minimum Gasteiger partial charge on any atom is -0.462 e. The second-order valence-electron chi connectivity index (χ2n) is 4.54. The molecule has 6 heteroatoms. The average Bonchev–Trinajstić information content (AvgIpc) is 2.68. The summed E-state index contributed by atoms with van der Waals surface area (Å²) in [6.07, 6.45) is 0.955. The molecule has 0 radical (unpaired) electrons. The summed E-state index contributed by atoms with van der Waals surface area (Å²) in [6.45, 7) is 7.95. The minimum absolute atomic E-state index is 0.253. The van der Waals surface area contributed by atoms with Crippen molar-refractivity contribution in [2.24, 2.45) is 5.92 Å². The summed E-state index contributed by atoms with van der Waals surface area (Å²) >= 11 is 0. The highest BCUT2D eigenvalue weighted by Gasteiger charge is 2.19. The molecular weight excluding hydrogens is 248 g/mol. The van der Waals surface area contributed by atoms with Crippen LogP contribution in [0, 0.1) is 12.8 Å². The molecule has 0 fully saturated rings. The summed E-state index contributed by atoms with van der Waals surface area (Å²) in [5.41, 5.74) is 1.32. The zero-order valence-corrected chi connectivity index (χ0v) is 11.7. The third-order valence-electron chi connectivity index (χ3n) is 2.34. The molecule has 0 saturated carbocycles. The van der Waals surface area contributed by atoms with Crippen molar-refractivity contribution in [3.8, 4) is 0 Å². The monoisotopic (exact) mass is 268 g/mol. The van der Waals surface area contributed by atoms with Gasteiger partial charge in [-0.1, -0.05) is 13.8 Å². The lowest BCUT2D eigenvalue weighted by Gasteiger charge is -2.09. The molecule has 0 aliphatic rings. The number of hydrogen-bond acceptors (Lipinski definition) is 4. The summed E-state index contributed by atoms with van der Waals surface area (Å²) < 4.78 is 9.93. The highest BCUT2D eigenvalue weighted by molar-refractivity contribution is 6.00. The van der Waals surface area contributed by atoms with E-state index in [-0.39, 0.29) is 12.5 Å². The number of aromatic amines is 1. The second kappa shape index (κ2) is 6.82. The summed E-state index contributed by atoms with van der Waals surface area (Å²) in [7, 11) is 0. The zero-order valence-electron chi connectivity index (χ0n) is 11.7. The molecule has 1 aromatic rings. The molecule has 0 aromatic carbocycles. The van der Waals surface area contributed by atoms with E-state index < -0.39 is 12.1 Å². The molecule has 0 spiro atoms. The van der Waals surface area contributed by atoms with Gasteiger partial charge >= 0.3 is 12.1 Å². The molecule has 1 aromatic heterocycles. The standard InChI is InChI=1S/C13H20N2O4/c1-5-18-12(16)11-9(4)14-6-10(11)15-13(17)19-7-8(2)3/h6,8,14H,5,7H2,1-4H3,(H,15,17). The Hall–Kier alpha value is -1.98. The van der Waals surface area contributed by atoms with E-state index >= 15 is 0 Å². The fourth-order valence-electron chi connectivity index (χ4n) is 1.48. The van der Waals surface area contributed by atoms with Crippen molar-refractivity contribution in [3.63, 3.8) is 0 Å². The number of aromatic nitrogens is 1. The number of amides is 1. The number of hydrogen-bond donors (Lipinski definition) is 2. The molecule has 106 valence electrons. The Morgan fingerprint density at radius 3 is 2.63 bits per heavy atom. The Bertz CT molecular complexity index is 451. The van der Waals surface area contributed by atoms with E-state index in [1.807, 2.05) is 13.8 Å². The van der Waals surface area contributed by atoms with Crippen molar-refractivity contribution in [2.75, 3.05) is 18.5 Å². The van der Waals surface area contributed by atoms with Gasteiger partial charge in [0.25, 0.3) is 0 Å². The van der Waals surface area contributed by atoms with Crippen LogP contribution in [0.15, 0.2) is 6.20 Å². The lowest BCUT2D eigenvalue weighted by molar-refractivity contribution is 0.0527. The number of ether oxygens (including phenoxy) is 2. The van der Waals surface area contributed by atoms with E-state index in [0.29, 0.717) is 23.6 Å². The average molecular weight is 268 g/mol. The van der Waals surface area contributed by atoms with Gasteiger partial charge in [-0.2, -0.15) is 0 Å². The fraction of sp³-hybridized carbons (Fsp3) is 0.538. The molecule has 2 N–H and O–H groups in total. The predicted octanol–water partition coefficient (Wildman–Crippen LogP) is 2.70. The van der Waals surface area contributed by atoms with Crippen molar-refractivity contribution in [1.29, 1.82) is 0 Å². The molecule has 6 nitrogen and oxygen atoms in total. The molecule has 0 atom stereocenters. The maximum Gasteiger partial charge on any atom is 0.411 e. The smallest absolute Gasteiger partial charge is 0.411 e. The van der Waals surface area contributed by atoms with Crippen LogP contribution in [0.25, 0.3) is 0 Å². The van der Waals surface area contributed by atoms with E-state index in [4.69, 9.17) is 9.47 Å². The van der Waals surface area contributed by atoms with E-state index in [1.54, 1.807) is 13.8 Å². The lowest BCUT2D eigenvalue weighted by atomic mass is 10.2. The van der Waals surface area contributed by atoms with E-state index in [0.717, 1.165) is 0 Å². The fourth-order valence-corrected chi connectivity index (χ4v) is 1.48. The van der Waals surface area contributed by atoms with Crippen LogP contribution in [0.3, 0.4) is 0 Å². The lowest BCUT2D eigenvalue weighted by Crippen LogP contribution is -2.18. The Balaban J connectivity index is 2.73. The maximum absolute atomic E-state index is 11.8. The van der Waals surface area contributed by atoms with Crippen LogP contribution in [0.1, 0.15) is 36.8 Å². The van der Waals surface area contributed by atoms with Crippen LogP contribution in [0.4, 0.5) is 10.5 Å². The highest BCUT2D eigenvalue weighted by atomic mass is 16.5. The number of carbonyl (C=O) groups excluding carboxylic acids is 2. The van der Waals surface area contributed by atoms with Crippen LogP contribution >= 0.6 is 0 Å². The number of H-pyrrole nitrogens is 1. The van der Waals surface area contributed by atoms with Crippen LogP contribution < -0.4 is 5.32 Å². The maximum atomic E-state index is 11.8. The third-order valence-corrected chi connectivity index (χ3v) is 2.34. The third kappa shape index (κ3) is 4.31. The zero-order chi connectivity index (χ0) is 14.4. The number of rotatable bonds is 5. The number of aryl methyl sites for hydroxylation is 1. The molecule has 1 amide bonds. The summed E-state index contributed by atoms with van der Waals surface area (Å²) in [6, 6.07) is 0. The number of anilines is 1. The molecule has 1 heterocycles. The largest absolute Gasteiger partial charge is 0.462 e. The molecule has 0 unspecified atom stereocenters. The van der Waals surface area contributed by atoms with Gasteiger partial charge in [-0.15, -0.1) is 0 Å². The summed E-state index contributed by atoms with van der Waals surface area (Å²) in [4.78, 5) is 26.2. The normalized spacial score (nSPS) is 10.4. The number of esters is 1. The van der Waals surface area contributed by atoms with Gasteiger partial charge in [0.2, 0.25) is 0 Å². The van der Waals surface area contributed by atoms with Crippen molar-refractivity contribution in [2.45, 2.75) is 27.7 Å². The van der Waals surface area contributed by atoms with E-state index in [1.165, 1.54) is 6.20 Å². The van der Waals surface area contributed by atoms with Gasteiger partial charge in [0.15, 0.2) is 0 Å². The van der Waals surface area contributed by atoms with Crippen LogP contribution in [0.2, 0.25) is 0 Å². The molecule has 19 heavy (non-hydrogen) atoms. The molecule has 1 rings (SSSR count). The van der Waals surface area contributed by atoms with Crippen molar-refractivity contribution < 1.29 is 19.1 Å². The Kier molecular flexibility index (Phi) is 5.41. The first-order valence-corrected chi connectivity index (χ1v) is 6.24. The van der Waals surface area contributed by atoms with Gasteiger partial charge in [-0.25, -0.2) is 9.59 Å². The Morgan fingerprint density at radius 2 is 2.05 bits per heavy atom. The van der Waals surface area contributed by atoms with E-state index in [2.05, 4.69) is 10.3 Å². The Morgan fingerprint density at radius 1 is 1.37 bits per heavy atom. The van der Waals surface area contributed by atoms with Crippen molar-refractivity contribution in [3.05, 3.63) is 17.5 Å². The summed E-state index contributed by atoms with van der Waals surface area (Å²) in [5, 5.41) is 2.53. The number of carbonyl (C=O) groups is 2. The summed E-state index contributed by atoms with van der Waals surface area (Å²) in [5.74, 6) is -0.219. The molecule has 0 aliphatic heterocycles. The van der Waals surface area contributed by atoms with Gasteiger partial charge in [-0.3, -0.25) is 5.32 Å². The van der Waals surface area contributed by atoms with Crippen LogP contribution in [-0.2, 0) is 9.47 Å². The van der Waals surface area contributed by atoms with E-state index in [9.17, 15) is 9.59 Å². The quantitative estimate of drug-likeness (QED) is 0.804. The predicted molar refractivity (Wildman–Crippen MR) is 71.3 cm³/mol. The first-order valence-electron chi connectivity index (χ1n) is 6.24. The molecule has 0 bridgehead atoms. The van der Waals surface area contributed by atoms with Crippen LogP contribution in [0.5, 0.6) is 0 Å². The molecule has 0 saturated heterocycles. The minimum atomic E-state index is -0.585.